The lowest BCUT2D eigenvalue weighted by Gasteiger charge is -2.08. The highest BCUT2D eigenvalue weighted by Crippen LogP contribution is 2.34. The molecule has 0 saturated carbocycles. The van der Waals surface area contributed by atoms with Crippen LogP contribution in [0.4, 0.5) is 23.0 Å². The Morgan fingerprint density at radius 3 is 2.26 bits per heavy atom. The van der Waals surface area contributed by atoms with Gasteiger partial charge < -0.3 is 21.6 Å². The van der Waals surface area contributed by atoms with Gasteiger partial charge in [-0.15, -0.1) is 10.2 Å². The first-order valence-corrected chi connectivity index (χ1v) is 9.06. The van der Waals surface area contributed by atoms with Crippen LogP contribution in [0, 0.1) is 10.7 Å². The Morgan fingerprint density at radius 1 is 1.09 bits per heavy atom. The monoisotopic (exact) mass is 651 g/mol. The number of hydrogen-bond acceptors (Lipinski definition) is 6. The Labute approximate surface area is 170 Å². The Balaban J connectivity index is 2.59. The van der Waals surface area contributed by atoms with Crippen molar-refractivity contribution in [2.75, 3.05) is 11.5 Å². The third kappa shape index (κ3) is 3.93. The number of nitrogens with zero attached hydrogens (tertiary/aromatic N) is 2. The number of carbonyl (C=O) groups is 1. The van der Waals surface area contributed by atoms with Gasteiger partial charge in [0.2, 0.25) is 5.43 Å². The second-order valence-corrected chi connectivity index (χ2v) is 7.64. The molecule has 2 aromatic rings. The maximum Gasteiger partial charge on any atom is 0.337 e. The van der Waals surface area contributed by atoms with Crippen molar-refractivity contribution < 1.29 is 9.90 Å². The molecule has 11 heteroatoms. The number of azo groups is 1. The van der Waals surface area contributed by atoms with Crippen molar-refractivity contribution in [3.05, 3.63) is 38.6 Å². The highest BCUT2D eigenvalue weighted by atomic mass is 127. The van der Waals surface area contributed by atoms with Crippen molar-refractivity contribution >= 4 is 96.8 Å². The van der Waals surface area contributed by atoms with E-state index >= 15 is 0 Å². The molecule has 1 aromatic carbocycles. The number of pyridine rings is 1. The normalized spacial score (nSPS) is 11.1. The molecule has 0 unspecified atom stereocenters. The molecule has 0 fully saturated rings. The van der Waals surface area contributed by atoms with E-state index in [1.807, 2.05) is 67.8 Å². The summed E-state index contributed by atoms with van der Waals surface area (Å²) in [7, 11) is 0. The molecule has 0 aliphatic rings. The summed E-state index contributed by atoms with van der Waals surface area (Å²) in [6.45, 7) is 0. The molecule has 6 N–H and O–H groups in total. The molecular weight excluding hydrogens is 643 g/mol. The van der Waals surface area contributed by atoms with E-state index in [0.717, 1.165) is 6.07 Å². The fourth-order valence-corrected chi connectivity index (χ4v) is 5.71. The summed E-state index contributed by atoms with van der Waals surface area (Å²) in [5.41, 5.74) is 11.1. The summed E-state index contributed by atoms with van der Waals surface area (Å²) < 4.78 is 1.73. The summed E-state index contributed by atoms with van der Waals surface area (Å²) in [6, 6.07) is 2.83. The number of nitrogen functional groups attached to an aromatic ring is 2. The molecule has 1 aromatic heterocycles. The summed E-state index contributed by atoms with van der Waals surface area (Å²) >= 11 is 5.86. The van der Waals surface area contributed by atoms with Gasteiger partial charge >= 0.3 is 5.97 Å². The van der Waals surface area contributed by atoms with Crippen LogP contribution in [0.1, 0.15) is 10.4 Å². The van der Waals surface area contributed by atoms with Crippen molar-refractivity contribution in [1.29, 1.82) is 0 Å². The average molecular weight is 651 g/mol. The first kappa shape index (κ1) is 18.4. The first-order chi connectivity index (χ1) is 10.7. The van der Waals surface area contributed by atoms with E-state index in [1.165, 1.54) is 0 Å². The lowest BCUT2D eigenvalue weighted by Crippen LogP contribution is -2.07. The molecule has 120 valence electrons. The van der Waals surface area contributed by atoms with Crippen LogP contribution in [0.5, 0.6) is 0 Å². The van der Waals surface area contributed by atoms with E-state index < -0.39 is 11.4 Å². The zero-order valence-electron chi connectivity index (χ0n) is 11.1. The molecule has 8 nitrogen and oxygen atoms in total. The van der Waals surface area contributed by atoms with Gasteiger partial charge in [0.15, 0.2) is 5.69 Å². The largest absolute Gasteiger partial charge is 0.478 e. The lowest BCUT2D eigenvalue weighted by molar-refractivity contribution is 0.0694. The van der Waals surface area contributed by atoms with Crippen molar-refractivity contribution in [3.63, 3.8) is 0 Å². The standard InChI is InChI=1S/C12H8I3N5O3/c13-3-1-4(14)9(8(15)7(3)12(22)23)19-20-10-5(21)2-6(16)18-11(10)17/h1-2H,(H,22,23)(H5,16,17,18,21). The minimum Gasteiger partial charge on any atom is -0.478 e. The number of nitrogens with two attached hydrogens (primary N) is 2. The first-order valence-electron chi connectivity index (χ1n) is 5.83. The van der Waals surface area contributed by atoms with Crippen molar-refractivity contribution in [2.24, 2.45) is 10.2 Å². The van der Waals surface area contributed by atoms with Crippen molar-refractivity contribution in [2.45, 2.75) is 0 Å². The number of nitrogens with one attached hydrogen (secondary N) is 1. The Morgan fingerprint density at radius 2 is 1.70 bits per heavy atom. The molecule has 1 heterocycles. The Kier molecular flexibility index (Phi) is 5.82. The minimum atomic E-state index is -1.06. The van der Waals surface area contributed by atoms with Gasteiger partial charge in [0.25, 0.3) is 0 Å². The van der Waals surface area contributed by atoms with Crippen LogP contribution < -0.4 is 16.9 Å². The molecule has 2 rings (SSSR count). The summed E-state index contributed by atoms with van der Waals surface area (Å²) in [6.07, 6.45) is 0. The van der Waals surface area contributed by atoms with E-state index in [-0.39, 0.29) is 22.9 Å². The Hall–Kier alpha value is -0.970. The fourth-order valence-electron chi connectivity index (χ4n) is 1.66. The van der Waals surface area contributed by atoms with Crippen LogP contribution in [0.25, 0.3) is 0 Å². The molecular formula is C12H8I3N5O3. The van der Waals surface area contributed by atoms with E-state index in [4.69, 9.17) is 11.5 Å². The average Bonchev–Trinajstić information content (AvgIpc) is 2.39. The van der Waals surface area contributed by atoms with Crippen LogP contribution in [0.2, 0.25) is 0 Å². The number of rotatable bonds is 3. The quantitative estimate of drug-likeness (QED) is 0.297. The molecule has 23 heavy (non-hydrogen) atoms. The number of halogens is 3. The Bertz CT molecular complexity index is 894. The zero-order valence-corrected chi connectivity index (χ0v) is 17.6. The van der Waals surface area contributed by atoms with Crippen molar-refractivity contribution in [3.8, 4) is 0 Å². The van der Waals surface area contributed by atoms with Crippen LogP contribution in [0.15, 0.2) is 27.2 Å². The van der Waals surface area contributed by atoms with E-state index in [2.05, 4.69) is 15.2 Å². The predicted octanol–water partition coefficient (Wildman–Crippen LogP) is 3.47. The molecule has 0 aliphatic heterocycles. The number of aromatic amines is 1. The van der Waals surface area contributed by atoms with E-state index in [0.29, 0.717) is 16.4 Å². The third-order valence-corrected chi connectivity index (χ3v) is 5.39. The van der Waals surface area contributed by atoms with E-state index in [1.54, 1.807) is 6.07 Å². The van der Waals surface area contributed by atoms with Gasteiger partial charge in [0.1, 0.15) is 17.3 Å². The minimum absolute atomic E-state index is 0.00673. The molecule has 0 aliphatic carbocycles. The van der Waals surface area contributed by atoms with Gasteiger partial charge in [-0.2, -0.15) is 0 Å². The molecule has 0 spiro atoms. The maximum atomic E-state index is 11.8. The predicted molar refractivity (Wildman–Crippen MR) is 112 cm³/mol. The second-order valence-electron chi connectivity index (χ2n) is 4.23. The number of benzene rings is 1. The van der Waals surface area contributed by atoms with Gasteiger partial charge in [0, 0.05) is 13.2 Å². The highest BCUT2D eigenvalue weighted by molar-refractivity contribution is 14.1. The summed E-state index contributed by atoms with van der Waals surface area (Å²) in [5.74, 6) is -0.942. The van der Waals surface area contributed by atoms with E-state index in [9.17, 15) is 14.7 Å². The number of aromatic nitrogens is 1. The number of anilines is 2. The lowest BCUT2D eigenvalue weighted by atomic mass is 10.2. The number of H-pyrrole nitrogens is 1. The number of carboxylic acids is 1. The van der Waals surface area contributed by atoms with Gasteiger partial charge in [-0.1, -0.05) is 0 Å². The maximum absolute atomic E-state index is 11.8. The van der Waals surface area contributed by atoms with Crippen LogP contribution >= 0.6 is 67.8 Å². The third-order valence-electron chi connectivity index (χ3n) is 2.66. The van der Waals surface area contributed by atoms with Crippen LogP contribution in [-0.2, 0) is 0 Å². The second kappa shape index (κ2) is 7.29. The molecule has 0 amide bonds. The highest BCUT2D eigenvalue weighted by Gasteiger charge is 2.19. The van der Waals surface area contributed by atoms with Crippen LogP contribution in [0.3, 0.4) is 0 Å². The van der Waals surface area contributed by atoms with Gasteiger partial charge in [-0.05, 0) is 73.8 Å². The molecule has 0 bridgehead atoms. The topological polar surface area (TPSA) is 147 Å². The van der Waals surface area contributed by atoms with Crippen molar-refractivity contribution in [1.82, 2.24) is 4.98 Å². The SMILES string of the molecule is Nc1cc(=O)c(N=Nc2c(I)cc(I)c(C(=O)O)c2I)c(N)[nH]1. The van der Waals surface area contributed by atoms with Gasteiger partial charge in [0.05, 0.1) is 9.13 Å². The van der Waals surface area contributed by atoms with Crippen LogP contribution in [-0.4, -0.2) is 16.1 Å². The fraction of sp³-hybridized carbons (Fsp3) is 0. The molecule has 0 radical (unpaired) electrons. The summed E-state index contributed by atoms with van der Waals surface area (Å²) in [4.78, 5) is 25.8. The van der Waals surface area contributed by atoms with Gasteiger partial charge in [-0.3, -0.25) is 4.79 Å². The summed E-state index contributed by atoms with van der Waals surface area (Å²) in [5, 5.41) is 17.2. The number of aromatic carboxylic acids is 1. The smallest absolute Gasteiger partial charge is 0.337 e. The molecule has 0 atom stereocenters. The molecule has 0 saturated heterocycles. The number of hydrogen-bond donors (Lipinski definition) is 4. The number of carboxylic acid groups (broad SMARTS) is 1. The van der Waals surface area contributed by atoms with Gasteiger partial charge in [-0.25, -0.2) is 4.79 Å². The zero-order chi connectivity index (χ0) is 17.3.